The number of para-hydroxylation sites is 1. The lowest BCUT2D eigenvalue weighted by atomic mass is 10.1. The lowest BCUT2D eigenvalue weighted by molar-refractivity contribution is -0.148. The summed E-state index contributed by atoms with van der Waals surface area (Å²) in [6, 6.07) is 16.2. The van der Waals surface area contributed by atoms with E-state index in [1.165, 1.54) is 0 Å². The number of nitrogens with one attached hydrogen (secondary N) is 1. The minimum absolute atomic E-state index is 0.259. The predicted octanol–water partition coefficient (Wildman–Crippen LogP) is 3.05. The zero-order valence-electron chi connectivity index (χ0n) is 15.4. The van der Waals surface area contributed by atoms with Gasteiger partial charge in [-0.25, -0.2) is 4.79 Å². The van der Waals surface area contributed by atoms with Crippen LogP contribution in [-0.4, -0.2) is 30.6 Å². The molecule has 138 valence electrons. The number of hydrogen-bond donors (Lipinski definition) is 1. The smallest absolute Gasteiger partial charge is 0.328 e. The van der Waals surface area contributed by atoms with Crippen LogP contribution in [0.5, 0.6) is 5.75 Å². The summed E-state index contributed by atoms with van der Waals surface area (Å²) < 4.78 is 10.8. The lowest BCUT2D eigenvalue weighted by Gasteiger charge is -2.21. The Morgan fingerprint density at radius 2 is 1.69 bits per heavy atom. The van der Waals surface area contributed by atoms with Crippen LogP contribution in [0.4, 0.5) is 0 Å². The Morgan fingerprint density at radius 1 is 1.04 bits per heavy atom. The number of rotatable bonds is 8. The Hall–Kier alpha value is -2.82. The summed E-state index contributed by atoms with van der Waals surface area (Å²) in [7, 11) is 0. The summed E-state index contributed by atoms with van der Waals surface area (Å²) in [5.74, 6) is -0.166. The van der Waals surface area contributed by atoms with E-state index < -0.39 is 18.1 Å². The molecule has 2 atom stereocenters. The zero-order valence-corrected chi connectivity index (χ0v) is 15.4. The van der Waals surface area contributed by atoms with Crippen molar-refractivity contribution in [2.75, 3.05) is 6.61 Å². The van der Waals surface area contributed by atoms with Crippen molar-refractivity contribution in [2.45, 2.75) is 39.3 Å². The van der Waals surface area contributed by atoms with Gasteiger partial charge in [0.2, 0.25) is 0 Å². The third-order valence-electron chi connectivity index (χ3n) is 3.94. The van der Waals surface area contributed by atoms with Gasteiger partial charge in [0.25, 0.3) is 5.91 Å². The number of ether oxygens (including phenoxy) is 2. The molecular formula is C21H25NO4. The van der Waals surface area contributed by atoms with Gasteiger partial charge in [0.15, 0.2) is 6.10 Å². The van der Waals surface area contributed by atoms with Crippen LogP contribution in [0.25, 0.3) is 0 Å². The van der Waals surface area contributed by atoms with Crippen LogP contribution in [0, 0.1) is 6.92 Å². The minimum Gasteiger partial charge on any atom is -0.481 e. The third-order valence-corrected chi connectivity index (χ3v) is 3.94. The van der Waals surface area contributed by atoms with E-state index in [0.29, 0.717) is 12.2 Å². The van der Waals surface area contributed by atoms with Gasteiger partial charge in [-0.2, -0.15) is 0 Å². The molecule has 0 radical (unpaired) electrons. The van der Waals surface area contributed by atoms with Gasteiger partial charge in [-0.1, -0.05) is 48.5 Å². The highest BCUT2D eigenvalue weighted by Crippen LogP contribution is 2.18. The average Bonchev–Trinajstić information content (AvgIpc) is 2.64. The summed E-state index contributed by atoms with van der Waals surface area (Å²) >= 11 is 0. The van der Waals surface area contributed by atoms with Gasteiger partial charge in [0.1, 0.15) is 11.8 Å². The zero-order chi connectivity index (χ0) is 18.9. The molecule has 0 saturated heterocycles. The highest BCUT2D eigenvalue weighted by Gasteiger charge is 2.25. The molecule has 0 aliphatic carbocycles. The molecule has 0 heterocycles. The van der Waals surface area contributed by atoms with Crippen LogP contribution in [0.15, 0.2) is 54.6 Å². The highest BCUT2D eigenvalue weighted by atomic mass is 16.5. The van der Waals surface area contributed by atoms with Gasteiger partial charge in [-0.05, 0) is 38.0 Å². The number of carbonyl (C=O) groups is 2. The number of carbonyl (C=O) groups excluding carboxylic acids is 2. The van der Waals surface area contributed by atoms with Crippen molar-refractivity contribution in [1.29, 1.82) is 0 Å². The maximum atomic E-state index is 12.5. The highest BCUT2D eigenvalue weighted by molar-refractivity contribution is 5.87. The van der Waals surface area contributed by atoms with Gasteiger partial charge in [0, 0.05) is 6.42 Å². The molecular weight excluding hydrogens is 330 g/mol. The number of amides is 1. The van der Waals surface area contributed by atoms with Crippen molar-refractivity contribution >= 4 is 11.9 Å². The Kier molecular flexibility index (Phi) is 7.21. The Morgan fingerprint density at radius 3 is 2.35 bits per heavy atom. The van der Waals surface area contributed by atoms with E-state index in [9.17, 15) is 9.59 Å². The molecule has 2 aromatic carbocycles. The molecule has 0 spiro atoms. The second-order valence-electron chi connectivity index (χ2n) is 6.03. The van der Waals surface area contributed by atoms with E-state index in [4.69, 9.17) is 9.47 Å². The molecule has 0 aliphatic rings. The maximum absolute atomic E-state index is 12.5. The summed E-state index contributed by atoms with van der Waals surface area (Å²) in [5, 5.41) is 2.75. The van der Waals surface area contributed by atoms with E-state index in [-0.39, 0.29) is 12.5 Å². The summed E-state index contributed by atoms with van der Waals surface area (Å²) in [6.07, 6.45) is -0.369. The molecule has 0 bridgehead atoms. The molecule has 1 N–H and O–H groups in total. The van der Waals surface area contributed by atoms with Crippen LogP contribution in [-0.2, 0) is 20.7 Å². The van der Waals surface area contributed by atoms with E-state index >= 15 is 0 Å². The molecule has 0 aliphatic heterocycles. The van der Waals surface area contributed by atoms with E-state index in [0.717, 1.165) is 11.1 Å². The van der Waals surface area contributed by atoms with E-state index in [2.05, 4.69) is 5.32 Å². The normalized spacial score (nSPS) is 12.7. The standard InChI is InChI=1S/C21H25NO4/c1-4-25-21(24)18(14-17-11-6-5-7-12-17)22-20(23)16(3)26-19-13-9-8-10-15(19)2/h5-13,16,18H,4,14H2,1-3H3,(H,22,23). The Labute approximate surface area is 154 Å². The number of aryl methyl sites for hydroxylation is 1. The third kappa shape index (κ3) is 5.62. The fraction of sp³-hybridized carbons (Fsp3) is 0.333. The monoisotopic (exact) mass is 355 g/mol. The molecule has 2 unspecified atom stereocenters. The van der Waals surface area contributed by atoms with E-state index in [1.54, 1.807) is 13.8 Å². The topological polar surface area (TPSA) is 64.6 Å². The second-order valence-corrected chi connectivity index (χ2v) is 6.03. The van der Waals surface area contributed by atoms with Gasteiger partial charge >= 0.3 is 5.97 Å². The molecule has 0 aromatic heterocycles. The number of hydrogen-bond acceptors (Lipinski definition) is 4. The minimum atomic E-state index is -0.757. The first-order valence-corrected chi connectivity index (χ1v) is 8.74. The van der Waals surface area contributed by atoms with Gasteiger partial charge < -0.3 is 14.8 Å². The molecule has 5 heteroatoms. The Balaban J connectivity index is 2.04. The molecule has 26 heavy (non-hydrogen) atoms. The van der Waals surface area contributed by atoms with Gasteiger partial charge in [0.05, 0.1) is 6.61 Å². The summed E-state index contributed by atoms with van der Waals surface area (Å²) in [4.78, 5) is 24.8. The van der Waals surface area contributed by atoms with Crippen LogP contribution < -0.4 is 10.1 Å². The average molecular weight is 355 g/mol. The van der Waals surface area contributed by atoms with Crippen LogP contribution >= 0.6 is 0 Å². The summed E-state index contributed by atoms with van der Waals surface area (Å²) in [5.41, 5.74) is 1.89. The quantitative estimate of drug-likeness (QED) is 0.739. The number of esters is 1. The SMILES string of the molecule is CCOC(=O)C(Cc1ccccc1)NC(=O)C(C)Oc1ccccc1C. The second kappa shape index (κ2) is 9.61. The molecule has 0 fully saturated rings. The van der Waals surface area contributed by atoms with Crippen molar-refractivity contribution in [3.63, 3.8) is 0 Å². The van der Waals surface area contributed by atoms with Gasteiger partial charge in [-0.3, -0.25) is 4.79 Å². The fourth-order valence-corrected chi connectivity index (χ4v) is 2.51. The van der Waals surface area contributed by atoms with Crippen LogP contribution in [0.1, 0.15) is 25.0 Å². The van der Waals surface area contributed by atoms with E-state index in [1.807, 2.05) is 61.5 Å². The molecule has 0 saturated carbocycles. The van der Waals surface area contributed by atoms with Crippen molar-refractivity contribution in [3.05, 3.63) is 65.7 Å². The van der Waals surface area contributed by atoms with Crippen molar-refractivity contribution < 1.29 is 19.1 Å². The van der Waals surface area contributed by atoms with Crippen molar-refractivity contribution in [3.8, 4) is 5.75 Å². The first-order valence-electron chi connectivity index (χ1n) is 8.74. The Bertz CT molecular complexity index is 730. The van der Waals surface area contributed by atoms with Gasteiger partial charge in [-0.15, -0.1) is 0 Å². The number of benzene rings is 2. The van der Waals surface area contributed by atoms with Crippen molar-refractivity contribution in [2.24, 2.45) is 0 Å². The fourth-order valence-electron chi connectivity index (χ4n) is 2.51. The molecule has 2 rings (SSSR count). The molecule has 2 aromatic rings. The summed E-state index contributed by atoms with van der Waals surface area (Å²) in [6.45, 7) is 5.57. The lowest BCUT2D eigenvalue weighted by Crippen LogP contribution is -2.48. The van der Waals surface area contributed by atoms with Crippen LogP contribution in [0.3, 0.4) is 0 Å². The first kappa shape index (κ1) is 19.5. The molecule has 5 nitrogen and oxygen atoms in total. The molecule has 1 amide bonds. The maximum Gasteiger partial charge on any atom is 0.328 e. The predicted molar refractivity (Wildman–Crippen MR) is 100.0 cm³/mol. The van der Waals surface area contributed by atoms with Crippen LogP contribution in [0.2, 0.25) is 0 Å². The first-order chi connectivity index (χ1) is 12.5. The largest absolute Gasteiger partial charge is 0.481 e. The van der Waals surface area contributed by atoms with Crippen molar-refractivity contribution in [1.82, 2.24) is 5.32 Å².